The van der Waals surface area contributed by atoms with Crippen molar-refractivity contribution in [2.45, 2.75) is 18.9 Å². The summed E-state index contributed by atoms with van der Waals surface area (Å²) in [6.07, 6.45) is 1.64. The first-order chi connectivity index (χ1) is 7.74. The normalized spacial score (nSPS) is 19.3. The lowest BCUT2D eigenvalue weighted by molar-refractivity contribution is 0.306. The van der Waals surface area contributed by atoms with Gasteiger partial charge in [0.05, 0.1) is 20.8 Å². The average Bonchev–Trinajstić information content (AvgIpc) is 2.48. The molecular weight excluding hydrogens is 206 g/mol. The number of fused-ring (bicyclic) bond motifs is 1. The maximum absolute atomic E-state index is 5.98. The van der Waals surface area contributed by atoms with Gasteiger partial charge in [-0.2, -0.15) is 0 Å². The summed E-state index contributed by atoms with van der Waals surface area (Å²) in [6, 6.07) is 3.87. The number of nitrogens with two attached hydrogens (primary N) is 1. The van der Waals surface area contributed by atoms with Crippen molar-refractivity contribution in [1.82, 2.24) is 0 Å². The SMILES string of the molecule is COc1cc(OC)c2c(c1)OCCC(N)C2. The first-order valence-corrected chi connectivity index (χ1v) is 5.38. The van der Waals surface area contributed by atoms with E-state index in [1.807, 2.05) is 12.1 Å². The second-order valence-corrected chi connectivity index (χ2v) is 3.91. The molecule has 16 heavy (non-hydrogen) atoms. The van der Waals surface area contributed by atoms with Crippen LogP contribution in [0.1, 0.15) is 12.0 Å². The van der Waals surface area contributed by atoms with Gasteiger partial charge < -0.3 is 19.9 Å². The van der Waals surface area contributed by atoms with Crippen LogP contribution in [-0.4, -0.2) is 26.9 Å². The fraction of sp³-hybridized carbons (Fsp3) is 0.500. The van der Waals surface area contributed by atoms with Crippen LogP contribution in [0.5, 0.6) is 17.2 Å². The number of hydrogen-bond donors (Lipinski definition) is 1. The van der Waals surface area contributed by atoms with E-state index in [1.165, 1.54) is 0 Å². The van der Waals surface area contributed by atoms with Crippen LogP contribution in [0.25, 0.3) is 0 Å². The van der Waals surface area contributed by atoms with Gasteiger partial charge in [-0.15, -0.1) is 0 Å². The number of hydrogen-bond acceptors (Lipinski definition) is 4. The molecule has 0 spiro atoms. The Labute approximate surface area is 95.3 Å². The van der Waals surface area contributed by atoms with Gasteiger partial charge >= 0.3 is 0 Å². The van der Waals surface area contributed by atoms with E-state index in [1.54, 1.807) is 14.2 Å². The molecule has 2 N–H and O–H groups in total. The molecule has 0 saturated heterocycles. The number of methoxy groups -OCH3 is 2. The molecule has 2 rings (SSSR count). The lowest BCUT2D eigenvalue weighted by atomic mass is 10.0. The second kappa shape index (κ2) is 4.61. The van der Waals surface area contributed by atoms with Crippen molar-refractivity contribution in [3.63, 3.8) is 0 Å². The summed E-state index contributed by atoms with van der Waals surface area (Å²) in [5, 5.41) is 0. The molecule has 0 radical (unpaired) electrons. The first-order valence-electron chi connectivity index (χ1n) is 5.38. The van der Waals surface area contributed by atoms with E-state index in [4.69, 9.17) is 19.9 Å². The van der Waals surface area contributed by atoms with Crippen molar-refractivity contribution >= 4 is 0 Å². The molecule has 0 aliphatic carbocycles. The topological polar surface area (TPSA) is 53.7 Å². The molecule has 4 nitrogen and oxygen atoms in total. The average molecular weight is 223 g/mol. The van der Waals surface area contributed by atoms with E-state index in [-0.39, 0.29) is 6.04 Å². The van der Waals surface area contributed by atoms with Crippen LogP contribution < -0.4 is 19.9 Å². The predicted molar refractivity (Wildman–Crippen MR) is 61.3 cm³/mol. The van der Waals surface area contributed by atoms with Gasteiger partial charge in [-0.3, -0.25) is 0 Å². The number of benzene rings is 1. The van der Waals surface area contributed by atoms with E-state index < -0.39 is 0 Å². The Bertz CT molecular complexity index is 379. The molecule has 1 atom stereocenters. The highest BCUT2D eigenvalue weighted by Crippen LogP contribution is 2.36. The van der Waals surface area contributed by atoms with E-state index in [2.05, 4.69) is 0 Å². The van der Waals surface area contributed by atoms with Gasteiger partial charge in [0.2, 0.25) is 0 Å². The number of ether oxygens (including phenoxy) is 3. The Balaban J connectivity index is 2.45. The van der Waals surface area contributed by atoms with E-state index in [9.17, 15) is 0 Å². The van der Waals surface area contributed by atoms with Gasteiger partial charge in [-0.25, -0.2) is 0 Å². The molecule has 0 bridgehead atoms. The van der Waals surface area contributed by atoms with Crippen LogP contribution in [0.3, 0.4) is 0 Å². The maximum Gasteiger partial charge on any atom is 0.129 e. The summed E-state index contributed by atoms with van der Waals surface area (Å²) < 4.78 is 16.2. The molecule has 0 saturated carbocycles. The molecule has 1 aromatic rings. The zero-order valence-electron chi connectivity index (χ0n) is 9.66. The van der Waals surface area contributed by atoms with Crippen LogP contribution in [0.2, 0.25) is 0 Å². The summed E-state index contributed by atoms with van der Waals surface area (Å²) in [6.45, 7) is 0.643. The van der Waals surface area contributed by atoms with Gasteiger partial charge in [-0.1, -0.05) is 0 Å². The van der Waals surface area contributed by atoms with Crippen molar-refractivity contribution in [2.75, 3.05) is 20.8 Å². The van der Waals surface area contributed by atoms with E-state index in [0.29, 0.717) is 6.61 Å². The van der Waals surface area contributed by atoms with E-state index in [0.717, 1.165) is 35.7 Å². The summed E-state index contributed by atoms with van der Waals surface area (Å²) in [7, 11) is 3.27. The fourth-order valence-electron chi connectivity index (χ4n) is 1.91. The van der Waals surface area contributed by atoms with Crippen molar-refractivity contribution in [2.24, 2.45) is 5.73 Å². The minimum Gasteiger partial charge on any atom is -0.496 e. The lowest BCUT2D eigenvalue weighted by Gasteiger charge is -2.14. The first kappa shape index (κ1) is 11.1. The molecule has 0 aromatic heterocycles. The summed E-state index contributed by atoms with van der Waals surface area (Å²) in [5.41, 5.74) is 7.01. The summed E-state index contributed by atoms with van der Waals surface area (Å²) >= 11 is 0. The molecule has 1 aromatic carbocycles. The van der Waals surface area contributed by atoms with Crippen LogP contribution in [0.4, 0.5) is 0 Å². The Morgan fingerprint density at radius 3 is 2.81 bits per heavy atom. The highest BCUT2D eigenvalue weighted by Gasteiger charge is 2.19. The molecular formula is C12H17NO3. The fourth-order valence-corrected chi connectivity index (χ4v) is 1.91. The Morgan fingerprint density at radius 2 is 2.12 bits per heavy atom. The molecule has 4 heteroatoms. The largest absolute Gasteiger partial charge is 0.496 e. The molecule has 1 heterocycles. The van der Waals surface area contributed by atoms with Crippen LogP contribution in [0, 0.1) is 0 Å². The zero-order chi connectivity index (χ0) is 11.5. The minimum atomic E-state index is 0.128. The summed E-state index contributed by atoms with van der Waals surface area (Å²) in [5.74, 6) is 2.35. The molecule has 1 aliphatic rings. The second-order valence-electron chi connectivity index (χ2n) is 3.91. The maximum atomic E-state index is 5.98. The number of rotatable bonds is 2. The highest BCUT2D eigenvalue weighted by molar-refractivity contribution is 5.51. The smallest absolute Gasteiger partial charge is 0.129 e. The minimum absolute atomic E-state index is 0.128. The Kier molecular flexibility index (Phi) is 3.19. The molecule has 88 valence electrons. The third-order valence-electron chi connectivity index (χ3n) is 2.81. The third-order valence-corrected chi connectivity index (χ3v) is 2.81. The van der Waals surface area contributed by atoms with Crippen molar-refractivity contribution in [1.29, 1.82) is 0 Å². The van der Waals surface area contributed by atoms with Gasteiger partial charge in [0.1, 0.15) is 17.2 Å². The van der Waals surface area contributed by atoms with Crippen LogP contribution in [0.15, 0.2) is 12.1 Å². The Hall–Kier alpha value is -1.42. The molecule has 0 amide bonds. The third kappa shape index (κ3) is 2.07. The lowest BCUT2D eigenvalue weighted by Crippen LogP contribution is -2.23. The standard InChI is InChI=1S/C12H17NO3/c1-14-9-6-11(15-2)10-5-8(13)3-4-16-12(10)7-9/h6-8H,3-5,13H2,1-2H3. The van der Waals surface area contributed by atoms with Gasteiger partial charge in [0, 0.05) is 23.7 Å². The zero-order valence-corrected chi connectivity index (χ0v) is 9.66. The molecule has 0 fully saturated rings. The van der Waals surface area contributed by atoms with Crippen molar-refractivity contribution < 1.29 is 14.2 Å². The van der Waals surface area contributed by atoms with Gasteiger partial charge in [0.15, 0.2) is 0 Å². The molecule has 1 unspecified atom stereocenters. The van der Waals surface area contributed by atoms with Crippen LogP contribution in [-0.2, 0) is 6.42 Å². The summed E-state index contributed by atoms with van der Waals surface area (Å²) in [4.78, 5) is 0. The Morgan fingerprint density at radius 1 is 1.31 bits per heavy atom. The predicted octanol–water partition coefficient (Wildman–Crippen LogP) is 1.36. The monoisotopic (exact) mass is 223 g/mol. The van der Waals surface area contributed by atoms with Gasteiger partial charge in [-0.05, 0) is 12.8 Å². The van der Waals surface area contributed by atoms with Gasteiger partial charge in [0.25, 0.3) is 0 Å². The van der Waals surface area contributed by atoms with Crippen molar-refractivity contribution in [3.8, 4) is 17.2 Å². The quantitative estimate of drug-likeness (QED) is 0.822. The van der Waals surface area contributed by atoms with E-state index >= 15 is 0 Å². The van der Waals surface area contributed by atoms with Crippen LogP contribution >= 0.6 is 0 Å². The van der Waals surface area contributed by atoms with Crippen molar-refractivity contribution in [3.05, 3.63) is 17.7 Å². The highest BCUT2D eigenvalue weighted by atomic mass is 16.5. The molecule has 1 aliphatic heterocycles.